The van der Waals surface area contributed by atoms with Crippen LogP contribution in [0.5, 0.6) is 17.2 Å². The predicted molar refractivity (Wildman–Crippen MR) is 138 cm³/mol. The molecule has 184 valence electrons. The van der Waals surface area contributed by atoms with Gasteiger partial charge in [-0.15, -0.1) is 24.0 Å². The first kappa shape index (κ1) is 25.7. The second kappa shape index (κ2) is 12.5. The van der Waals surface area contributed by atoms with E-state index in [2.05, 4.69) is 22.0 Å². The summed E-state index contributed by atoms with van der Waals surface area (Å²) in [5.41, 5.74) is 0. The van der Waals surface area contributed by atoms with Gasteiger partial charge in [-0.05, 0) is 38.8 Å². The second-order valence-corrected chi connectivity index (χ2v) is 8.33. The number of halogens is 1. The quantitative estimate of drug-likeness (QED) is 0.232. The van der Waals surface area contributed by atoms with Crippen LogP contribution in [-0.2, 0) is 4.79 Å². The van der Waals surface area contributed by atoms with Gasteiger partial charge in [0.05, 0.1) is 12.6 Å². The zero-order valence-electron chi connectivity index (χ0n) is 19.6. The molecule has 3 heterocycles. The number of likely N-dealkylation sites (tertiary alicyclic amines) is 1. The number of piperazine rings is 1. The minimum absolute atomic E-state index is 0. The van der Waals surface area contributed by atoms with Crippen LogP contribution in [-0.4, -0.2) is 98.4 Å². The van der Waals surface area contributed by atoms with Crippen molar-refractivity contribution < 1.29 is 19.0 Å². The number of nitrogens with zero attached hydrogens (tertiary/aromatic N) is 4. The van der Waals surface area contributed by atoms with E-state index >= 15 is 0 Å². The normalized spacial score (nSPS) is 19.3. The van der Waals surface area contributed by atoms with Crippen LogP contribution < -0.4 is 19.5 Å². The van der Waals surface area contributed by atoms with E-state index in [4.69, 9.17) is 19.2 Å². The van der Waals surface area contributed by atoms with E-state index in [1.807, 2.05) is 30.0 Å². The van der Waals surface area contributed by atoms with Crippen LogP contribution in [0.1, 0.15) is 26.7 Å². The lowest BCUT2D eigenvalue weighted by Gasteiger charge is -2.39. The van der Waals surface area contributed by atoms with Crippen LogP contribution in [0.15, 0.2) is 23.2 Å². The Kier molecular flexibility index (Phi) is 9.72. The average molecular weight is 573 g/mol. The molecule has 0 bridgehead atoms. The van der Waals surface area contributed by atoms with E-state index < -0.39 is 0 Å². The predicted octanol–water partition coefficient (Wildman–Crippen LogP) is 2.01. The first-order chi connectivity index (χ1) is 15.7. The number of ether oxygens (including phenoxy) is 3. The summed E-state index contributed by atoms with van der Waals surface area (Å²) in [7, 11) is 0. The molecule has 2 fully saturated rings. The van der Waals surface area contributed by atoms with Gasteiger partial charge in [0.25, 0.3) is 0 Å². The van der Waals surface area contributed by atoms with E-state index in [0.29, 0.717) is 13.2 Å². The standard InChI is InChI=1S/C23H35N5O4.HI/c1-3-24-23(25-8-15-30-19-6-7-20-21(16-19)32-17-31-20)28-13-11-26(12-14-28)18(2)22(29)27-9-4-5-10-27;/h6-7,16,18H,3-5,8-15,17H2,1-2H3,(H,24,25);1H. The van der Waals surface area contributed by atoms with E-state index in [9.17, 15) is 4.79 Å². The molecular weight excluding hydrogens is 537 g/mol. The summed E-state index contributed by atoms with van der Waals surface area (Å²) in [5.74, 6) is 3.40. The van der Waals surface area contributed by atoms with Crippen LogP contribution in [0.3, 0.4) is 0 Å². The Balaban J connectivity index is 0.00000306. The number of fused-ring (bicyclic) bond motifs is 1. The van der Waals surface area contributed by atoms with E-state index in [-0.39, 0.29) is 42.7 Å². The molecule has 4 rings (SSSR count). The lowest BCUT2D eigenvalue weighted by molar-refractivity contribution is -0.135. The molecule has 10 heteroatoms. The summed E-state index contributed by atoms with van der Waals surface area (Å²) < 4.78 is 16.5. The number of aliphatic imine (C=N–C) groups is 1. The maximum atomic E-state index is 12.7. The Morgan fingerprint density at radius 1 is 1.09 bits per heavy atom. The van der Waals surface area contributed by atoms with Crippen LogP contribution >= 0.6 is 24.0 Å². The van der Waals surface area contributed by atoms with Gasteiger partial charge in [0, 0.05) is 51.9 Å². The van der Waals surface area contributed by atoms with Crippen LogP contribution in [0.2, 0.25) is 0 Å². The largest absolute Gasteiger partial charge is 0.492 e. The van der Waals surface area contributed by atoms with Crippen molar-refractivity contribution in [3.05, 3.63) is 18.2 Å². The number of benzene rings is 1. The molecule has 1 atom stereocenters. The van der Waals surface area contributed by atoms with Gasteiger partial charge >= 0.3 is 0 Å². The fourth-order valence-corrected chi connectivity index (χ4v) is 4.39. The fraction of sp³-hybridized carbons (Fsp3) is 0.652. The lowest BCUT2D eigenvalue weighted by atomic mass is 10.2. The zero-order valence-corrected chi connectivity index (χ0v) is 22.0. The summed E-state index contributed by atoms with van der Waals surface area (Å²) in [6, 6.07) is 5.54. The molecule has 0 spiro atoms. The Morgan fingerprint density at radius 3 is 2.55 bits per heavy atom. The van der Waals surface area contributed by atoms with E-state index in [1.54, 1.807) is 0 Å². The molecule has 3 aliphatic rings. The lowest BCUT2D eigenvalue weighted by Crippen LogP contribution is -2.57. The molecule has 1 N–H and O–H groups in total. The molecule has 1 aromatic carbocycles. The molecule has 0 saturated carbocycles. The third-order valence-electron chi connectivity index (χ3n) is 6.24. The Hall–Kier alpha value is -1.95. The highest BCUT2D eigenvalue weighted by Crippen LogP contribution is 2.35. The monoisotopic (exact) mass is 573 g/mol. The van der Waals surface area contributed by atoms with Gasteiger partial charge in [-0.3, -0.25) is 9.69 Å². The number of carbonyl (C=O) groups excluding carboxylic acids is 1. The van der Waals surface area contributed by atoms with Gasteiger partial charge in [0.15, 0.2) is 17.5 Å². The van der Waals surface area contributed by atoms with Gasteiger partial charge in [-0.1, -0.05) is 0 Å². The maximum absolute atomic E-state index is 12.7. The number of carbonyl (C=O) groups is 1. The number of guanidine groups is 1. The van der Waals surface area contributed by atoms with Gasteiger partial charge in [-0.25, -0.2) is 4.99 Å². The number of hydrogen-bond acceptors (Lipinski definition) is 6. The van der Waals surface area contributed by atoms with Crippen molar-refractivity contribution in [3.8, 4) is 17.2 Å². The molecule has 0 aliphatic carbocycles. The highest BCUT2D eigenvalue weighted by Gasteiger charge is 2.30. The zero-order chi connectivity index (χ0) is 22.3. The van der Waals surface area contributed by atoms with E-state index in [0.717, 1.165) is 81.9 Å². The summed E-state index contributed by atoms with van der Waals surface area (Å²) in [4.78, 5) is 24.1. The molecule has 0 radical (unpaired) electrons. The van der Waals surface area contributed by atoms with Crippen molar-refractivity contribution in [2.24, 2.45) is 4.99 Å². The van der Waals surface area contributed by atoms with Gasteiger partial charge in [0.2, 0.25) is 12.7 Å². The molecule has 33 heavy (non-hydrogen) atoms. The summed E-state index contributed by atoms with van der Waals surface area (Å²) in [5, 5.41) is 3.39. The smallest absolute Gasteiger partial charge is 0.239 e. The molecule has 1 unspecified atom stereocenters. The van der Waals surface area contributed by atoms with Crippen LogP contribution in [0.25, 0.3) is 0 Å². The van der Waals surface area contributed by atoms with Crippen molar-refractivity contribution in [3.63, 3.8) is 0 Å². The van der Waals surface area contributed by atoms with E-state index in [1.165, 1.54) is 0 Å². The minimum atomic E-state index is -0.0510. The number of rotatable bonds is 7. The Morgan fingerprint density at radius 2 is 1.82 bits per heavy atom. The van der Waals surface area contributed by atoms with Crippen LogP contribution in [0, 0.1) is 0 Å². The van der Waals surface area contributed by atoms with Crippen molar-refractivity contribution in [1.82, 2.24) is 20.0 Å². The number of hydrogen-bond donors (Lipinski definition) is 1. The second-order valence-electron chi connectivity index (χ2n) is 8.33. The Labute approximate surface area is 213 Å². The molecule has 9 nitrogen and oxygen atoms in total. The third-order valence-corrected chi connectivity index (χ3v) is 6.24. The molecule has 0 aromatic heterocycles. The maximum Gasteiger partial charge on any atom is 0.239 e. The van der Waals surface area contributed by atoms with Crippen molar-refractivity contribution in [2.75, 3.05) is 65.8 Å². The highest BCUT2D eigenvalue weighted by atomic mass is 127. The minimum Gasteiger partial charge on any atom is -0.492 e. The first-order valence-electron chi connectivity index (χ1n) is 11.7. The molecule has 2 saturated heterocycles. The molecule has 1 amide bonds. The van der Waals surface area contributed by atoms with Crippen molar-refractivity contribution in [1.29, 1.82) is 0 Å². The van der Waals surface area contributed by atoms with Gasteiger partial charge in [0.1, 0.15) is 12.4 Å². The molecular formula is C23H36IN5O4. The summed E-state index contributed by atoms with van der Waals surface area (Å²) in [6.07, 6.45) is 2.26. The third kappa shape index (κ3) is 6.56. The topological polar surface area (TPSA) is 78.9 Å². The molecule has 3 aliphatic heterocycles. The SMILES string of the molecule is CCNC(=NCCOc1ccc2c(c1)OCO2)N1CCN(C(C)C(=O)N2CCCC2)CC1.I. The Bertz CT molecular complexity index is 810. The first-order valence-corrected chi connectivity index (χ1v) is 11.7. The van der Waals surface area contributed by atoms with Crippen LogP contribution in [0.4, 0.5) is 0 Å². The number of nitrogens with one attached hydrogen (secondary N) is 1. The fourth-order valence-electron chi connectivity index (χ4n) is 4.39. The van der Waals surface area contributed by atoms with Gasteiger partial charge in [-0.2, -0.15) is 0 Å². The summed E-state index contributed by atoms with van der Waals surface area (Å²) >= 11 is 0. The van der Waals surface area contributed by atoms with Crippen molar-refractivity contribution in [2.45, 2.75) is 32.7 Å². The van der Waals surface area contributed by atoms with Crippen molar-refractivity contribution >= 4 is 35.8 Å². The number of amides is 1. The highest BCUT2D eigenvalue weighted by molar-refractivity contribution is 14.0. The summed E-state index contributed by atoms with van der Waals surface area (Å²) in [6.45, 7) is 11.5. The molecule has 1 aromatic rings. The van der Waals surface area contributed by atoms with Gasteiger partial charge < -0.3 is 29.3 Å². The average Bonchev–Trinajstić information content (AvgIpc) is 3.52.